The summed E-state index contributed by atoms with van der Waals surface area (Å²) in [5, 5.41) is 10.1. The van der Waals surface area contributed by atoms with Crippen molar-refractivity contribution < 1.29 is 5.11 Å². The van der Waals surface area contributed by atoms with Gasteiger partial charge >= 0.3 is 0 Å². The van der Waals surface area contributed by atoms with Crippen LogP contribution in [0.4, 0.5) is 0 Å². The van der Waals surface area contributed by atoms with Crippen LogP contribution in [0.3, 0.4) is 0 Å². The van der Waals surface area contributed by atoms with E-state index in [0.29, 0.717) is 11.8 Å². The lowest BCUT2D eigenvalue weighted by atomic mass is 9.86. The molecule has 116 valence electrons. The summed E-state index contributed by atoms with van der Waals surface area (Å²) in [4.78, 5) is 6.66. The number of hydrogen-bond acceptors (Lipinski definition) is 3. The van der Waals surface area contributed by atoms with Crippen molar-refractivity contribution in [2.75, 3.05) is 6.54 Å². The van der Waals surface area contributed by atoms with E-state index in [1.807, 2.05) is 24.5 Å². The molecule has 3 heteroatoms. The predicted molar refractivity (Wildman–Crippen MR) is 88.9 cm³/mol. The molecule has 22 heavy (non-hydrogen) atoms. The number of pyridine rings is 1. The monoisotopic (exact) mass is 296 g/mol. The number of nitrogens with zero attached hydrogens (tertiary/aromatic N) is 2. The summed E-state index contributed by atoms with van der Waals surface area (Å²) in [5.41, 5.74) is 3.78. The van der Waals surface area contributed by atoms with E-state index < -0.39 is 0 Å². The topological polar surface area (TPSA) is 36.4 Å². The molecule has 1 aliphatic carbocycles. The van der Waals surface area contributed by atoms with Crippen molar-refractivity contribution in [1.29, 1.82) is 0 Å². The third-order valence-electron chi connectivity index (χ3n) is 4.60. The van der Waals surface area contributed by atoms with Gasteiger partial charge in [0.15, 0.2) is 0 Å². The largest absolute Gasteiger partial charge is 0.508 e. The van der Waals surface area contributed by atoms with Crippen LogP contribution in [0.5, 0.6) is 5.75 Å². The number of phenols is 1. The number of phenolic OH excluding ortho intramolecular Hbond substituents is 1. The normalized spacial score (nSPS) is 17.5. The molecule has 0 unspecified atom stereocenters. The average molecular weight is 296 g/mol. The number of fused-ring (bicyclic) bond motifs is 1. The molecule has 0 spiro atoms. The second-order valence-electron chi connectivity index (χ2n) is 6.14. The second kappa shape index (κ2) is 6.93. The average Bonchev–Trinajstić information content (AvgIpc) is 2.56. The van der Waals surface area contributed by atoms with E-state index in [4.69, 9.17) is 0 Å². The molecule has 3 rings (SSSR count). The zero-order valence-electron chi connectivity index (χ0n) is 13.2. The van der Waals surface area contributed by atoms with Gasteiger partial charge in [-0.15, -0.1) is 0 Å². The predicted octanol–water partition coefficient (Wildman–Crippen LogP) is 3.56. The zero-order valence-corrected chi connectivity index (χ0v) is 13.2. The Hall–Kier alpha value is -1.87. The van der Waals surface area contributed by atoms with E-state index in [1.165, 1.54) is 17.5 Å². The molecular weight excluding hydrogens is 272 g/mol. The molecule has 1 aromatic heterocycles. The van der Waals surface area contributed by atoms with E-state index in [0.717, 1.165) is 37.9 Å². The maximum atomic E-state index is 10.1. The summed E-state index contributed by atoms with van der Waals surface area (Å²) in [6.07, 6.45) is 8.05. The molecular formula is C19H24N2O. The fourth-order valence-corrected chi connectivity index (χ4v) is 3.46. The maximum Gasteiger partial charge on any atom is 0.119 e. The zero-order chi connectivity index (χ0) is 15.4. The van der Waals surface area contributed by atoms with Crippen LogP contribution in [0.25, 0.3) is 0 Å². The molecule has 1 atom stereocenters. The minimum absolute atomic E-state index is 0.461. The Kier molecular flexibility index (Phi) is 4.74. The highest BCUT2D eigenvalue weighted by Crippen LogP contribution is 2.31. The number of aromatic hydroxyl groups is 1. The molecule has 1 aliphatic rings. The van der Waals surface area contributed by atoms with Crippen LogP contribution in [-0.2, 0) is 19.4 Å². The van der Waals surface area contributed by atoms with Gasteiger partial charge in [0.1, 0.15) is 5.75 Å². The van der Waals surface area contributed by atoms with Crippen LogP contribution in [0.2, 0.25) is 0 Å². The van der Waals surface area contributed by atoms with Gasteiger partial charge in [0.05, 0.1) is 0 Å². The third kappa shape index (κ3) is 3.30. The summed E-state index contributed by atoms with van der Waals surface area (Å²) in [6, 6.07) is 10.6. The molecule has 3 nitrogen and oxygen atoms in total. The fourth-order valence-electron chi connectivity index (χ4n) is 3.46. The van der Waals surface area contributed by atoms with Gasteiger partial charge in [-0.1, -0.05) is 19.1 Å². The Morgan fingerprint density at radius 1 is 1.23 bits per heavy atom. The molecule has 0 fully saturated rings. The minimum Gasteiger partial charge on any atom is -0.508 e. The Morgan fingerprint density at radius 3 is 2.82 bits per heavy atom. The van der Waals surface area contributed by atoms with Crippen molar-refractivity contribution in [2.24, 2.45) is 0 Å². The van der Waals surface area contributed by atoms with E-state index >= 15 is 0 Å². The van der Waals surface area contributed by atoms with Gasteiger partial charge in [0.2, 0.25) is 0 Å². The highest BCUT2D eigenvalue weighted by molar-refractivity contribution is 5.41. The number of hydrogen-bond donors (Lipinski definition) is 1. The van der Waals surface area contributed by atoms with Gasteiger partial charge in [0, 0.05) is 25.0 Å². The number of aryl methyl sites for hydroxylation is 1. The van der Waals surface area contributed by atoms with Gasteiger partial charge in [-0.25, -0.2) is 0 Å². The molecule has 1 aromatic carbocycles. The summed E-state index contributed by atoms with van der Waals surface area (Å²) >= 11 is 0. The van der Waals surface area contributed by atoms with Gasteiger partial charge < -0.3 is 5.11 Å². The SMILES string of the molecule is CCCN(Cc1ccncc1)[C@@H]1CCc2cccc(O)c2C1. The van der Waals surface area contributed by atoms with Gasteiger partial charge in [-0.3, -0.25) is 9.88 Å². The molecule has 0 aliphatic heterocycles. The lowest BCUT2D eigenvalue weighted by Gasteiger charge is -2.35. The molecule has 0 amide bonds. The Labute approximate surface area is 132 Å². The van der Waals surface area contributed by atoms with E-state index in [-0.39, 0.29) is 0 Å². The van der Waals surface area contributed by atoms with Crippen molar-refractivity contribution in [3.05, 3.63) is 59.4 Å². The van der Waals surface area contributed by atoms with Crippen LogP contribution in [0.1, 0.15) is 36.5 Å². The molecule has 0 saturated heterocycles. The van der Waals surface area contributed by atoms with Crippen molar-refractivity contribution in [1.82, 2.24) is 9.88 Å². The number of rotatable bonds is 5. The standard InChI is InChI=1S/C19H24N2O/c1-2-12-21(14-15-8-10-20-11-9-15)17-7-6-16-4-3-5-19(22)18(16)13-17/h3-5,8-11,17,22H,2,6-7,12-14H2,1H3/t17-/m1/s1. The summed E-state index contributed by atoms with van der Waals surface area (Å²) < 4.78 is 0. The van der Waals surface area contributed by atoms with Crippen LogP contribution in [0, 0.1) is 0 Å². The number of benzene rings is 1. The first-order chi connectivity index (χ1) is 10.8. The van der Waals surface area contributed by atoms with Crippen molar-refractivity contribution in [3.63, 3.8) is 0 Å². The third-order valence-corrected chi connectivity index (χ3v) is 4.60. The molecule has 1 N–H and O–H groups in total. The van der Waals surface area contributed by atoms with Crippen molar-refractivity contribution >= 4 is 0 Å². The summed E-state index contributed by atoms with van der Waals surface area (Å²) in [7, 11) is 0. The smallest absolute Gasteiger partial charge is 0.119 e. The molecule has 2 aromatic rings. The molecule has 1 heterocycles. The fraction of sp³-hybridized carbons (Fsp3) is 0.421. The van der Waals surface area contributed by atoms with Crippen LogP contribution in [0.15, 0.2) is 42.7 Å². The van der Waals surface area contributed by atoms with Gasteiger partial charge in [-0.2, -0.15) is 0 Å². The Morgan fingerprint density at radius 2 is 2.05 bits per heavy atom. The highest BCUT2D eigenvalue weighted by Gasteiger charge is 2.25. The highest BCUT2D eigenvalue weighted by atomic mass is 16.3. The summed E-state index contributed by atoms with van der Waals surface area (Å²) in [5.74, 6) is 0.461. The lowest BCUT2D eigenvalue weighted by Crippen LogP contribution is -2.39. The molecule has 0 radical (unpaired) electrons. The number of aromatic nitrogens is 1. The van der Waals surface area contributed by atoms with Crippen molar-refractivity contribution in [2.45, 2.75) is 45.2 Å². The minimum atomic E-state index is 0.461. The van der Waals surface area contributed by atoms with Gasteiger partial charge in [-0.05, 0) is 67.1 Å². The Bertz CT molecular complexity index is 612. The molecule has 0 saturated carbocycles. The first-order valence-corrected chi connectivity index (χ1v) is 8.20. The first kappa shape index (κ1) is 15.0. The van der Waals surface area contributed by atoms with Crippen LogP contribution >= 0.6 is 0 Å². The maximum absolute atomic E-state index is 10.1. The van der Waals surface area contributed by atoms with E-state index in [1.54, 1.807) is 0 Å². The van der Waals surface area contributed by atoms with Crippen molar-refractivity contribution in [3.8, 4) is 5.75 Å². The lowest BCUT2D eigenvalue weighted by molar-refractivity contribution is 0.170. The quantitative estimate of drug-likeness (QED) is 0.916. The van der Waals surface area contributed by atoms with Crippen LogP contribution in [-0.4, -0.2) is 27.6 Å². The first-order valence-electron chi connectivity index (χ1n) is 8.20. The summed E-state index contributed by atoms with van der Waals surface area (Å²) in [6.45, 7) is 4.29. The molecule has 0 bridgehead atoms. The Balaban J connectivity index is 1.77. The van der Waals surface area contributed by atoms with Gasteiger partial charge in [0.25, 0.3) is 0 Å². The second-order valence-corrected chi connectivity index (χ2v) is 6.14. The van der Waals surface area contributed by atoms with E-state index in [9.17, 15) is 5.11 Å². The van der Waals surface area contributed by atoms with E-state index in [2.05, 4.69) is 35.0 Å². The van der Waals surface area contributed by atoms with Crippen LogP contribution < -0.4 is 0 Å².